The average Bonchev–Trinajstić information content (AvgIpc) is 3.12. The predicted octanol–water partition coefficient (Wildman–Crippen LogP) is 3.63. The van der Waals surface area contributed by atoms with Crippen LogP contribution in [0, 0.1) is 5.92 Å². The van der Waals surface area contributed by atoms with Gasteiger partial charge in [-0.3, -0.25) is 0 Å². The normalized spacial score (nSPS) is 15.7. The van der Waals surface area contributed by atoms with Crippen molar-refractivity contribution in [3.05, 3.63) is 11.9 Å². The minimum atomic E-state index is 0.117. The molecule has 0 saturated heterocycles. The van der Waals surface area contributed by atoms with Crippen LogP contribution in [0.2, 0.25) is 0 Å². The first-order valence-electron chi connectivity index (χ1n) is 7.33. The summed E-state index contributed by atoms with van der Waals surface area (Å²) in [6.07, 6.45) is 2.64. The molecule has 2 N–H and O–H groups in total. The van der Waals surface area contributed by atoms with Gasteiger partial charge < -0.3 is 10.6 Å². The van der Waals surface area contributed by atoms with E-state index in [-0.39, 0.29) is 5.54 Å². The highest BCUT2D eigenvalue weighted by Gasteiger charge is 2.37. The molecule has 0 amide bonds. The van der Waals surface area contributed by atoms with Crippen molar-refractivity contribution in [1.82, 2.24) is 9.97 Å². The average molecular weight is 262 g/mol. The third-order valence-electron chi connectivity index (χ3n) is 3.67. The minimum absolute atomic E-state index is 0.117. The zero-order chi connectivity index (χ0) is 14.0. The van der Waals surface area contributed by atoms with Crippen LogP contribution in [0.5, 0.6) is 0 Å². The summed E-state index contributed by atoms with van der Waals surface area (Å²) in [5.74, 6) is 3.85. The lowest BCUT2D eigenvalue weighted by Crippen LogP contribution is -2.34. The Labute approximate surface area is 116 Å². The van der Waals surface area contributed by atoms with E-state index in [2.05, 4.69) is 55.2 Å². The van der Waals surface area contributed by atoms with Crippen molar-refractivity contribution in [2.24, 2.45) is 5.92 Å². The van der Waals surface area contributed by atoms with Gasteiger partial charge in [-0.25, -0.2) is 9.97 Å². The van der Waals surface area contributed by atoms with E-state index in [0.29, 0.717) is 5.92 Å². The second-order valence-corrected chi connectivity index (χ2v) is 6.30. The van der Waals surface area contributed by atoms with Crippen LogP contribution < -0.4 is 10.6 Å². The molecule has 0 spiro atoms. The summed E-state index contributed by atoms with van der Waals surface area (Å²) in [4.78, 5) is 9.20. The number of nitrogens with zero attached hydrogens (tertiary/aromatic N) is 2. The molecule has 19 heavy (non-hydrogen) atoms. The van der Waals surface area contributed by atoms with Gasteiger partial charge in [0.1, 0.15) is 17.5 Å². The van der Waals surface area contributed by atoms with Crippen LogP contribution in [0.15, 0.2) is 6.07 Å². The highest BCUT2D eigenvalue weighted by molar-refractivity contribution is 5.49. The summed E-state index contributed by atoms with van der Waals surface area (Å²) in [7, 11) is 0. The number of hydrogen-bond acceptors (Lipinski definition) is 4. The molecular weight excluding hydrogens is 236 g/mol. The molecule has 0 radical (unpaired) electrons. The quantitative estimate of drug-likeness (QED) is 0.822. The van der Waals surface area contributed by atoms with E-state index < -0.39 is 0 Å². The SMILES string of the molecule is CCNc1cc(NC(C)(C)C2CC2)nc(C(C)C)n1. The van der Waals surface area contributed by atoms with Gasteiger partial charge in [0.05, 0.1) is 0 Å². The molecule has 0 atom stereocenters. The lowest BCUT2D eigenvalue weighted by atomic mass is 9.99. The number of anilines is 2. The van der Waals surface area contributed by atoms with Crippen molar-refractivity contribution in [3.63, 3.8) is 0 Å². The van der Waals surface area contributed by atoms with Crippen molar-refractivity contribution in [2.45, 2.75) is 58.9 Å². The van der Waals surface area contributed by atoms with Gasteiger partial charge in [-0.05, 0) is 39.5 Å². The second kappa shape index (κ2) is 5.35. The third-order valence-corrected chi connectivity index (χ3v) is 3.67. The Bertz CT molecular complexity index is 436. The Kier molecular flexibility index (Phi) is 3.97. The van der Waals surface area contributed by atoms with Crippen LogP contribution in [0.1, 0.15) is 59.2 Å². The molecule has 1 aromatic rings. The van der Waals surface area contributed by atoms with Crippen molar-refractivity contribution in [3.8, 4) is 0 Å². The maximum Gasteiger partial charge on any atom is 0.135 e. The van der Waals surface area contributed by atoms with E-state index in [0.717, 1.165) is 29.9 Å². The van der Waals surface area contributed by atoms with E-state index in [9.17, 15) is 0 Å². The van der Waals surface area contributed by atoms with Crippen molar-refractivity contribution >= 4 is 11.6 Å². The number of aromatic nitrogens is 2. The van der Waals surface area contributed by atoms with E-state index in [1.54, 1.807) is 0 Å². The summed E-state index contributed by atoms with van der Waals surface area (Å²) < 4.78 is 0. The Morgan fingerprint density at radius 1 is 1.26 bits per heavy atom. The van der Waals surface area contributed by atoms with Gasteiger partial charge in [-0.1, -0.05) is 13.8 Å². The second-order valence-electron chi connectivity index (χ2n) is 6.30. The molecule has 4 nitrogen and oxygen atoms in total. The van der Waals surface area contributed by atoms with Gasteiger partial charge in [0.25, 0.3) is 0 Å². The van der Waals surface area contributed by atoms with E-state index >= 15 is 0 Å². The lowest BCUT2D eigenvalue weighted by Gasteiger charge is -2.27. The Morgan fingerprint density at radius 2 is 1.89 bits per heavy atom. The van der Waals surface area contributed by atoms with Crippen LogP contribution >= 0.6 is 0 Å². The van der Waals surface area contributed by atoms with Crippen LogP contribution in [-0.2, 0) is 0 Å². The highest BCUT2D eigenvalue weighted by Crippen LogP contribution is 2.41. The summed E-state index contributed by atoms with van der Waals surface area (Å²) in [6, 6.07) is 2.01. The van der Waals surface area contributed by atoms with Crippen LogP contribution in [0.4, 0.5) is 11.6 Å². The maximum absolute atomic E-state index is 4.65. The van der Waals surface area contributed by atoms with Gasteiger partial charge in [-0.15, -0.1) is 0 Å². The fourth-order valence-corrected chi connectivity index (χ4v) is 2.30. The van der Waals surface area contributed by atoms with E-state index in [1.165, 1.54) is 12.8 Å². The van der Waals surface area contributed by atoms with Crippen molar-refractivity contribution in [1.29, 1.82) is 0 Å². The lowest BCUT2D eigenvalue weighted by molar-refractivity contribution is 0.492. The molecule has 1 fully saturated rings. The van der Waals surface area contributed by atoms with Gasteiger partial charge in [0.15, 0.2) is 0 Å². The fraction of sp³-hybridized carbons (Fsp3) is 0.733. The summed E-state index contributed by atoms with van der Waals surface area (Å²) in [5, 5.41) is 6.87. The first-order valence-corrected chi connectivity index (χ1v) is 7.33. The Morgan fingerprint density at radius 3 is 2.42 bits per heavy atom. The maximum atomic E-state index is 4.65. The summed E-state index contributed by atoms with van der Waals surface area (Å²) >= 11 is 0. The number of nitrogens with one attached hydrogen (secondary N) is 2. The molecular formula is C15H26N4. The van der Waals surface area contributed by atoms with Crippen LogP contribution in [0.3, 0.4) is 0 Å². The molecule has 2 rings (SSSR count). The summed E-state index contributed by atoms with van der Waals surface area (Å²) in [5.41, 5.74) is 0.117. The Balaban J connectivity index is 2.22. The van der Waals surface area contributed by atoms with Gasteiger partial charge in [0, 0.05) is 24.1 Å². The monoisotopic (exact) mass is 262 g/mol. The molecule has 1 saturated carbocycles. The molecule has 106 valence electrons. The van der Waals surface area contributed by atoms with E-state index in [4.69, 9.17) is 0 Å². The zero-order valence-electron chi connectivity index (χ0n) is 12.7. The highest BCUT2D eigenvalue weighted by atomic mass is 15.1. The Hall–Kier alpha value is -1.32. The van der Waals surface area contributed by atoms with Gasteiger partial charge in [-0.2, -0.15) is 0 Å². The molecule has 1 aliphatic carbocycles. The van der Waals surface area contributed by atoms with Crippen LogP contribution in [0.25, 0.3) is 0 Å². The predicted molar refractivity (Wildman–Crippen MR) is 80.7 cm³/mol. The molecule has 0 unspecified atom stereocenters. The topological polar surface area (TPSA) is 49.8 Å². The molecule has 0 aromatic carbocycles. The van der Waals surface area contributed by atoms with Crippen molar-refractivity contribution < 1.29 is 0 Å². The molecule has 1 heterocycles. The van der Waals surface area contributed by atoms with Crippen molar-refractivity contribution in [2.75, 3.05) is 17.2 Å². The van der Waals surface area contributed by atoms with E-state index in [1.807, 2.05) is 6.07 Å². The first kappa shape index (κ1) is 14.1. The minimum Gasteiger partial charge on any atom is -0.370 e. The number of rotatable bonds is 6. The molecule has 1 aromatic heterocycles. The zero-order valence-corrected chi connectivity index (χ0v) is 12.7. The van der Waals surface area contributed by atoms with Crippen LogP contribution in [-0.4, -0.2) is 22.1 Å². The van der Waals surface area contributed by atoms with Gasteiger partial charge >= 0.3 is 0 Å². The molecule has 1 aliphatic rings. The standard InChI is InChI=1S/C15H26N4/c1-6-16-12-9-13(18-14(17-12)10(2)3)19-15(4,5)11-7-8-11/h9-11H,6-8H2,1-5H3,(H2,16,17,18,19). The molecule has 0 aliphatic heterocycles. The number of hydrogen-bond donors (Lipinski definition) is 2. The summed E-state index contributed by atoms with van der Waals surface area (Å²) in [6.45, 7) is 11.7. The van der Waals surface area contributed by atoms with Gasteiger partial charge in [0.2, 0.25) is 0 Å². The smallest absolute Gasteiger partial charge is 0.135 e. The molecule has 0 bridgehead atoms. The molecule has 4 heteroatoms. The largest absolute Gasteiger partial charge is 0.370 e. The third kappa shape index (κ3) is 3.58. The fourth-order valence-electron chi connectivity index (χ4n) is 2.30. The first-order chi connectivity index (χ1) is 8.92.